The van der Waals surface area contributed by atoms with Crippen molar-refractivity contribution in [1.82, 2.24) is 10.2 Å². The number of fused-ring (bicyclic) bond motifs is 1. The topological polar surface area (TPSA) is 15.3 Å². The average Bonchev–Trinajstić information content (AvgIpc) is 2.25. The third-order valence-corrected chi connectivity index (χ3v) is 3.13. The van der Waals surface area contributed by atoms with Crippen LogP contribution < -0.4 is 5.32 Å². The third kappa shape index (κ3) is 1.42. The summed E-state index contributed by atoms with van der Waals surface area (Å²) in [5.41, 5.74) is 0. The third-order valence-electron chi connectivity index (χ3n) is 3.13. The summed E-state index contributed by atoms with van der Waals surface area (Å²) in [5, 5.41) is 3.62. The molecule has 2 rings (SSSR count). The number of likely N-dealkylation sites (tertiary alicyclic amines) is 1. The number of rotatable bonds is 0. The Morgan fingerprint density at radius 3 is 3.09 bits per heavy atom. The fourth-order valence-corrected chi connectivity index (χ4v) is 2.43. The van der Waals surface area contributed by atoms with E-state index in [0.717, 1.165) is 5.92 Å². The van der Waals surface area contributed by atoms with E-state index < -0.39 is 0 Å². The largest absolute Gasteiger partial charge is 0.302 e. The van der Waals surface area contributed by atoms with Crippen molar-refractivity contribution >= 4 is 0 Å². The fourth-order valence-electron chi connectivity index (χ4n) is 2.43. The van der Waals surface area contributed by atoms with Crippen LogP contribution in [0.2, 0.25) is 0 Å². The number of nitrogens with one attached hydrogen (secondary N) is 1. The SMILES string of the molecule is CN1CCC2CCCCNC21. The van der Waals surface area contributed by atoms with Gasteiger partial charge < -0.3 is 5.32 Å². The summed E-state index contributed by atoms with van der Waals surface area (Å²) in [4.78, 5) is 2.47. The molecule has 0 amide bonds. The molecule has 0 radical (unpaired) electrons. The molecule has 0 aliphatic carbocycles. The fraction of sp³-hybridized carbons (Fsp3) is 1.00. The summed E-state index contributed by atoms with van der Waals surface area (Å²) in [7, 11) is 2.24. The molecule has 2 heterocycles. The van der Waals surface area contributed by atoms with Crippen molar-refractivity contribution in [2.24, 2.45) is 5.92 Å². The van der Waals surface area contributed by atoms with E-state index in [2.05, 4.69) is 17.3 Å². The smallest absolute Gasteiger partial charge is 0.0624 e. The van der Waals surface area contributed by atoms with Crippen molar-refractivity contribution in [1.29, 1.82) is 0 Å². The summed E-state index contributed by atoms with van der Waals surface area (Å²) in [6.45, 7) is 2.52. The van der Waals surface area contributed by atoms with Gasteiger partial charge in [0.2, 0.25) is 0 Å². The molecule has 2 unspecified atom stereocenters. The Balaban J connectivity index is 2.00. The second-order valence-corrected chi connectivity index (χ2v) is 3.92. The number of hydrogen-bond donors (Lipinski definition) is 1. The Morgan fingerprint density at radius 1 is 1.27 bits per heavy atom. The lowest BCUT2D eigenvalue weighted by atomic mass is 10.0. The highest BCUT2D eigenvalue weighted by atomic mass is 15.3. The van der Waals surface area contributed by atoms with Crippen LogP contribution in [0.5, 0.6) is 0 Å². The molecule has 0 aromatic rings. The van der Waals surface area contributed by atoms with E-state index >= 15 is 0 Å². The van der Waals surface area contributed by atoms with E-state index in [9.17, 15) is 0 Å². The molecule has 0 bridgehead atoms. The van der Waals surface area contributed by atoms with Crippen LogP contribution in [0.15, 0.2) is 0 Å². The van der Waals surface area contributed by atoms with Gasteiger partial charge in [-0.05, 0) is 45.3 Å². The molecule has 0 saturated carbocycles. The molecule has 64 valence electrons. The monoisotopic (exact) mass is 154 g/mol. The first-order valence-corrected chi connectivity index (χ1v) is 4.81. The van der Waals surface area contributed by atoms with Crippen LogP contribution in [-0.4, -0.2) is 31.2 Å². The Labute approximate surface area is 69.0 Å². The summed E-state index contributed by atoms with van der Waals surface area (Å²) in [6, 6.07) is 0. The van der Waals surface area contributed by atoms with Gasteiger partial charge in [-0.3, -0.25) is 4.90 Å². The van der Waals surface area contributed by atoms with E-state index in [1.807, 2.05) is 0 Å². The zero-order valence-corrected chi connectivity index (χ0v) is 7.34. The highest BCUT2D eigenvalue weighted by Crippen LogP contribution is 2.27. The van der Waals surface area contributed by atoms with Gasteiger partial charge in [-0.25, -0.2) is 0 Å². The maximum atomic E-state index is 3.62. The lowest BCUT2D eigenvalue weighted by Gasteiger charge is -2.23. The molecule has 2 saturated heterocycles. The molecule has 0 aromatic heterocycles. The molecule has 2 aliphatic rings. The molecular formula is C9H18N2. The highest BCUT2D eigenvalue weighted by Gasteiger charge is 2.31. The Bertz CT molecular complexity index is 136. The van der Waals surface area contributed by atoms with Gasteiger partial charge in [-0.1, -0.05) is 6.42 Å². The number of hydrogen-bond acceptors (Lipinski definition) is 2. The van der Waals surface area contributed by atoms with Crippen molar-refractivity contribution in [3.63, 3.8) is 0 Å². The zero-order chi connectivity index (χ0) is 7.68. The molecule has 2 nitrogen and oxygen atoms in total. The van der Waals surface area contributed by atoms with Crippen molar-refractivity contribution in [2.45, 2.75) is 31.8 Å². The minimum atomic E-state index is 0.706. The van der Waals surface area contributed by atoms with Gasteiger partial charge in [0.05, 0.1) is 6.17 Å². The summed E-state index contributed by atoms with van der Waals surface area (Å²) >= 11 is 0. The maximum Gasteiger partial charge on any atom is 0.0624 e. The van der Waals surface area contributed by atoms with E-state index in [0.29, 0.717) is 6.17 Å². The summed E-state index contributed by atoms with van der Waals surface area (Å²) in [5.74, 6) is 0.947. The van der Waals surface area contributed by atoms with Gasteiger partial charge in [0.1, 0.15) is 0 Å². The van der Waals surface area contributed by atoms with Crippen LogP contribution in [0.4, 0.5) is 0 Å². The number of nitrogens with zero attached hydrogens (tertiary/aromatic N) is 1. The molecule has 1 N–H and O–H groups in total. The molecule has 2 atom stereocenters. The normalized spacial score (nSPS) is 40.1. The van der Waals surface area contributed by atoms with Crippen LogP contribution in [0.1, 0.15) is 25.7 Å². The Hall–Kier alpha value is -0.0800. The second-order valence-electron chi connectivity index (χ2n) is 3.92. The first kappa shape index (κ1) is 7.56. The maximum absolute atomic E-state index is 3.62. The van der Waals surface area contributed by atoms with Crippen LogP contribution >= 0.6 is 0 Å². The molecular weight excluding hydrogens is 136 g/mol. The van der Waals surface area contributed by atoms with Crippen LogP contribution in [0.25, 0.3) is 0 Å². The standard InChI is InChI=1S/C9H18N2/c1-11-7-5-8-4-2-3-6-10-9(8)11/h8-10H,2-7H2,1H3. The first-order chi connectivity index (χ1) is 5.38. The predicted octanol–water partition coefficient (Wildman–Crippen LogP) is 1.04. The second kappa shape index (κ2) is 3.11. The van der Waals surface area contributed by atoms with Gasteiger partial charge in [0, 0.05) is 0 Å². The predicted molar refractivity (Wildman–Crippen MR) is 46.4 cm³/mol. The van der Waals surface area contributed by atoms with Crippen LogP contribution in [0, 0.1) is 5.92 Å². The molecule has 11 heavy (non-hydrogen) atoms. The van der Waals surface area contributed by atoms with E-state index in [1.165, 1.54) is 38.8 Å². The summed E-state index contributed by atoms with van der Waals surface area (Å²) in [6.07, 6.45) is 6.37. The van der Waals surface area contributed by atoms with E-state index in [4.69, 9.17) is 0 Å². The van der Waals surface area contributed by atoms with Gasteiger partial charge in [0.25, 0.3) is 0 Å². The highest BCUT2D eigenvalue weighted by molar-refractivity contribution is 4.85. The van der Waals surface area contributed by atoms with Gasteiger partial charge in [-0.2, -0.15) is 0 Å². The van der Waals surface area contributed by atoms with E-state index in [1.54, 1.807) is 0 Å². The summed E-state index contributed by atoms with van der Waals surface area (Å²) < 4.78 is 0. The molecule has 0 aromatic carbocycles. The minimum Gasteiger partial charge on any atom is -0.302 e. The van der Waals surface area contributed by atoms with Crippen molar-refractivity contribution in [2.75, 3.05) is 20.1 Å². The Kier molecular flexibility index (Phi) is 2.14. The quantitative estimate of drug-likeness (QED) is 0.561. The lowest BCUT2D eigenvalue weighted by Crippen LogP contribution is -2.41. The molecule has 2 heteroatoms. The van der Waals surface area contributed by atoms with Gasteiger partial charge >= 0.3 is 0 Å². The lowest BCUT2D eigenvalue weighted by molar-refractivity contribution is 0.232. The van der Waals surface area contributed by atoms with E-state index in [-0.39, 0.29) is 0 Å². The first-order valence-electron chi connectivity index (χ1n) is 4.81. The van der Waals surface area contributed by atoms with Crippen molar-refractivity contribution < 1.29 is 0 Å². The zero-order valence-electron chi connectivity index (χ0n) is 7.34. The van der Waals surface area contributed by atoms with Crippen LogP contribution in [-0.2, 0) is 0 Å². The molecule has 2 aliphatic heterocycles. The Morgan fingerprint density at radius 2 is 2.18 bits per heavy atom. The van der Waals surface area contributed by atoms with Gasteiger partial charge in [-0.15, -0.1) is 0 Å². The minimum absolute atomic E-state index is 0.706. The molecule has 0 spiro atoms. The average molecular weight is 154 g/mol. The van der Waals surface area contributed by atoms with Crippen LogP contribution in [0.3, 0.4) is 0 Å². The van der Waals surface area contributed by atoms with Crippen molar-refractivity contribution in [3.8, 4) is 0 Å². The van der Waals surface area contributed by atoms with Gasteiger partial charge in [0.15, 0.2) is 0 Å². The van der Waals surface area contributed by atoms with Crippen molar-refractivity contribution in [3.05, 3.63) is 0 Å². The molecule has 2 fully saturated rings.